The Hall–Kier alpha value is -4.58. The molecule has 1 atom stereocenters. The van der Waals surface area contributed by atoms with E-state index in [0.717, 1.165) is 5.56 Å². The summed E-state index contributed by atoms with van der Waals surface area (Å²) in [7, 11) is 0. The summed E-state index contributed by atoms with van der Waals surface area (Å²) in [5, 5.41) is 15.9. The van der Waals surface area contributed by atoms with Crippen molar-refractivity contribution in [2.45, 2.75) is 19.5 Å². The van der Waals surface area contributed by atoms with Gasteiger partial charge in [0.1, 0.15) is 35.4 Å². The lowest BCUT2D eigenvalue weighted by molar-refractivity contribution is 0.0949. The molecular weight excluding hydrogens is 421 g/mol. The second-order valence-corrected chi connectivity index (χ2v) is 7.39. The lowest BCUT2D eigenvalue weighted by Crippen LogP contribution is -2.26. The van der Waals surface area contributed by atoms with Gasteiger partial charge in [0, 0.05) is 11.9 Å². The van der Waals surface area contributed by atoms with Crippen LogP contribution in [0.15, 0.2) is 60.9 Å². The summed E-state index contributed by atoms with van der Waals surface area (Å²) in [6.07, 6.45) is 1.25. The number of hydrogen-bond donors (Lipinski definition) is 3. The van der Waals surface area contributed by atoms with Gasteiger partial charge in [-0.3, -0.25) is 4.79 Å². The minimum atomic E-state index is -0.529. The molecule has 0 aliphatic rings. The molecule has 4 N–H and O–H groups in total. The lowest BCUT2D eigenvalue weighted by atomic mass is 10.0. The Labute approximate surface area is 189 Å². The molecule has 0 unspecified atom stereocenters. The Kier molecular flexibility index (Phi) is 6.09. The van der Waals surface area contributed by atoms with Crippen molar-refractivity contribution in [1.82, 2.24) is 20.3 Å². The number of nitriles is 1. The van der Waals surface area contributed by atoms with Gasteiger partial charge in [-0.25, -0.2) is 19.3 Å². The number of amides is 1. The number of aromatic nitrogens is 3. The first kappa shape index (κ1) is 21.6. The molecule has 9 heteroatoms. The molecule has 164 valence electrons. The smallest absolute Gasteiger partial charge is 0.253 e. The Morgan fingerprint density at radius 2 is 1.97 bits per heavy atom. The van der Waals surface area contributed by atoms with Gasteiger partial charge in [0.2, 0.25) is 0 Å². The van der Waals surface area contributed by atoms with Gasteiger partial charge in [-0.2, -0.15) is 5.26 Å². The Bertz CT molecular complexity index is 1370. The normalized spacial score (nSPS) is 11.5. The van der Waals surface area contributed by atoms with Crippen LogP contribution >= 0.6 is 0 Å². The number of nitrogen functional groups attached to an aromatic ring is 1. The molecule has 2 heterocycles. The number of nitrogens with one attached hydrogen (secondary N) is 2. The van der Waals surface area contributed by atoms with Crippen molar-refractivity contribution < 1.29 is 9.18 Å². The predicted molar refractivity (Wildman–Crippen MR) is 123 cm³/mol. The molecular formula is C24H20FN7O. The average molecular weight is 441 g/mol. The van der Waals surface area contributed by atoms with E-state index >= 15 is 0 Å². The van der Waals surface area contributed by atoms with E-state index in [2.05, 4.69) is 25.6 Å². The fraction of sp³-hybridized carbons (Fsp3) is 0.125. The number of nitrogens with zero attached hydrogens (tertiary/aromatic N) is 4. The van der Waals surface area contributed by atoms with Gasteiger partial charge >= 0.3 is 0 Å². The van der Waals surface area contributed by atoms with Crippen LogP contribution in [-0.2, 0) is 6.54 Å². The van der Waals surface area contributed by atoms with Gasteiger partial charge in [0.05, 0.1) is 22.8 Å². The molecule has 0 radical (unpaired) electrons. The van der Waals surface area contributed by atoms with Gasteiger partial charge in [0.15, 0.2) is 0 Å². The molecule has 4 rings (SSSR count). The second-order valence-electron chi connectivity index (χ2n) is 7.39. The summed E-state index contributed by atoms with van der Waals surface area (Å²) in [5.41, 5.74) is 8.05. The maximum Gasteiger partial charge on any atom is 0.253 e. The summed E-state index contributed by atoms with van der Waals surface area (Å²) in [6, 6.07) is 16.7. The zero-order valence-electron chi connectivity index (χ0n) is 17.7. The molecule has 2 aromatic heterocycles. The van der Waals surface area contributed by atoms with E-state index in [1.807, 2.05) is 36.4 Å². The van der Waals surface area contributed by atoms with Crippen LogP contribution in [0.4, 0.5) is 16.0 Å². The minimum Gasteiger partial charge on any atom is -0.382 e. The monoisotopic (exact) mass is 441 g/mol. The first-order chi connectivity index (χ1) is 16.0. The number of anilines is 2. The Morgan fingerprint density at radius 3 is 2.73 bits per heavy atom. The Morgan fingerprint density at radius 1 is 1.18 bits per heavy atom. The molecule has 1 amide bonds. The van der Waals surface area contributed by atoms with Crippen molar-refractivity contribution >= 4 is 28.4 Å². The van der Waals surface area contributed by atoms with Gasteiger partial charge < -0.3 is 16.4 Å². The van der Waals surface area contributed by atoms with Crippen molar-refractivity contribution in [3.63, 3.8) is 0 Å². The van der Waals surface area contributed by atoms with Crippen molar-refractivity contribution in [2.75, 3.05) is 11.1 Å². The molecule has 0 spiro atoms. The summed E-state index contributed by atoms with van der Waals surface area (Å²) >= 11 is 0. The van der Waals surface area contributed by atoms with Crippen LogP contribution in [0.1, 0.15) is 40.1 Å². The molecule has 0 saturated carbocycles. The summed E-state index contributed by atoms with van der Waals surface area (Å²) in [6.45, 7) is 2.11. The van der Waals surface area contributed by atoms with E-state index in [1.54, 1.807) is 19.1 Å². The number of fused-ring (bicyclic) bond motifs is 1. The number of rotatable bonds is 6. The van der Waals surface area contributed by atoms with Gasteiger partial charge in [-0.1, -0.05) is 30.3 Å². The minimum absolute atomic E-state index is 0.0463. The zero-order valence-corrected chi connectivity index (χ0v) is 17.7. The van der Waals surface area contributed by atoms with Crippen molar-refractivity contribution in [2.24, 2.45) is 0 Å². The number of hydrogen-bond acceptors (Lipinski definition) is 7. The third-order valence-corrected chi connectivity index (χ3v) is 5.10. The van der Waals surface area contributed by atoms with E-state index in [-0.39, 0.29) is 28.7 Å². The zero-order chi connectivity index (χ0) is 23.4. The number of carbonyl (C=O) groups excluding carboxylic acids is 1. The van der Waals surface area contributed by atoms with Gasteiger partial charge in [-0.05, 0) is 36.8 Å². The molecule has 0 fully saturated rings. The maximum absolute atomic E-state index is 13.8. The van der Waals surface area contributed by atoms with E-state index in [4.69, 9.17) is 5.73 Å². The summed E-state index contributed by atoms with van der Waals surface area (Å²) < 4.78 is 13.8. The third kappa shape index (κ3) is 4.70. The van der Waals surface area contributed by atoms with Crippen LogP contribution in [0.5, 0.6) is 0 Å². The largest absolute Gasteiger partial charge is 0.382 e. The van der Waals surface area contributed by atoms with Crippen molar-refractivity contribution in [3.05, 3.63) is 89.1 Å². The molecule has 0 aliphatic carbocycles. The van der Waals surface area contributed by atoms with Crippen LogP contribution in [0.25, 0.3) is 10.9 Å². The van der Waals surface area contributed by atoms with E-state index in [9.17, 15) is 14.4 Å². The van der Waals surface area contributed by atoms with E-state index < -0.39 is 11.9 Å². The fourth-order valence-corrected chi connectivity index (χ4v) is 3.44. The number of pyridine rings is 1. The van der Waals surface area contributed by atoms with E-state index in [1.165, 1.54) is 18.5 Å². The molecule has 0 saturated heterocycles. The SMILES string of the molecule is C[C@H](Nc1ncnc(N)c1C#N)c1nc2ccc(F)cc2cc1C(=O)NCc1ccccc1. The maximum atomic E-state index is 13.8. The first-order valence-electron chi connectivity index (χ1n) is 10.2. The standard InChI is InChI=1S/C24H20FN7O/c1-14(31-23-19(11-26)22(27)29-13-30-23)21-18(10-16-9-17(25)7-8-20(16)32-21)24(33)28-12-15-5-3-2-4-6-15/h2-10,13-14H,12H2,1H3,(H,28,33)(H3,27,29,30,31)/t14-/m0/s1. The number of halogens is 1. The predicted octanol–water partition coefficient (Wildman–Crippen LogP) is 3.72. The second kappa shape index (κ2) is 9.28. The van der Waals surface area contributed by atoms with Crippen LogP contribution in [0, 0.1) is 17.1 Å². The van der Waals surface area contributed by atoms with Gasteiger partial charge in [0.25, 0.3) is 5.91 Å². The molecule has 2 aromatic carbocycles. The summed E-state index contributed by atoms with van der Waals surface area (Å²) in [4.78, 5) is 25.7. The van der Waals surface area contributed by atoms with E-state index in [0.29, 0.717) is 23.1 Å². The lowest BCUT2D eigenvalue weighted by Gasteiger charge is -2.19. The average Bonchev–Trinajstić information content (AvgIpc) is 2.82. The highest BCUT2D eigenvalue weighted by atomic mass is 19.1. The third-order valence-electron chi connectivity index (χ3n) is 5.10. The van der Waals surface area contributed by atoms with Crippen LogP contribution in [0.2, 0.25) is 0 Å². The molecule has 4 aromatic rings. The Balaban J connectivity index is 1.71. The topological polar surface area (TPSA) is 130 Å². The van der Waals surface area contributed by atoms with Gasteiger partial charge in [-0.15, -0.1) is 0 Å². The van der Waals surface area contributed by atoms with Crippen LogP contribution in [0.3, 0.4) is 0 Å². The highest BCUT2D eigenvalue weighted by molar-refractivity contribution is 5.99. The summed E-state index contributed by atoms with van der Waals surface area (Å²) in [5.74, 6) is -0.503. The number of benzene rings is 2. The highest BCUT2D eigenvalue weighted by Crippen LogP contribution is 2.26. The quantitative estimate of drug-likeness (QED) is 0.416. The van der Waals surface area contributed by atoms with Crippen molar-refractivity contribution in [3.8, 4) is 6.07 Å². The molecule has 33 heavy (non-hydrogen) atoms. The fourth-order valence-electron chi connectivity index (χ4n) is 3.44. The molecule has 0 aliphatic heterocycles. The van der Waals surface area contributed by atoms with Crippen LogP contribution in [-0.4, -0.2) is 20.9 Å². The molecule has 0 bridgehead atoms. The van der Waals surface area contributed by atoms with Crippen LogP contribution < -0.4 is 16.4 Å². The number of nitrogens with two attached hydrogens (primary N) is 1. The first-order valence-corrected chi connectivity index (χ1v) is 10.2. The highest BCUT2D eigenvalue weighted by Gasteiger charge is 2.21. The van der Waals surface area contributed by atoms with Crippen molar-refractivity contribution in [1.29, 1.82) is 5.26 Å². The number of carbonyl (C=O) groups is 1. The molecule has 8 nitrogen and oxygen atoms in total.